The van der Waals surface area contributed by atoms with E-state index >= 15 is 0 Å². The van der Waals surface area contributed by atoms with E-state index in [9.17, 15) is 0 Å². The topological polar surface area (TPSA) is 42.7 Å². The van der Waals surface area contributed by atoms with E-state index in [-0.39, 0.29) is 0 Å². The molecule has 1 aromatic heterocycles. The largest absolute Gasteiger partial charge is 0.316 e. The minimum absolute atomic E-state index is 0.564. The maximum atomic E-state index is 4.19. The van der Waals surface area contributed by atoms with Crippen molar-refractivity contribution in [3.63, 3.8) is 0 Å². The molecular weight excluding hydrogens is 212 g/mol. The highest BCUT2D eigenvalue weighted by molar-refractivity contribution is 5.16. The van der Waals surface area contributed by atoms with Crippen molar-refractivity contribution < 1.29 is 0 Å². The van der Waals surface area contributed by atoms with Gasteiger partial charge in [-0.05, 0) is 18.5 Å². The molecule has 1 saturated heterocycles. The Morgan fingerprint density at radius 3 is 2.94 bits per heavy atom. The zero-order valence-corrected chi connectivity index (χ0v) is 9.71. The van der Waals surface area contributed by atoms with Gasteiger partial charge in [0.05, 0.1) is 18.4 Å². The predicted molar refractivity (Wildman–Crippen MR) is 65.8 cm³/mol. The van der Waals surface area contributed by atoms with Crippen molar-refractivity contribution in [3.8, 4) is 0 Å². The van der Waals surface area contributed by atoms with Crippen LogP contribution in [0.2, 0.25) is 0 Å². The molecule has 17 heavy (non-hydrogen) atoms. The fourth-order valence-electron chi connectivity index (χ4n) is 2.37. The van der Waals surface area contributed by atoms with Gasteiger partial charge in [-0.1, -0.05) is 35.5 Å². The molecule has 4 nitrogen and oxygen atoms in total. The highest BCUT2D eigenvalue weighted by atomic mass is 15.4. The van der Waals surface area contributed by atoms with Crippen molar-refractivity contribution in [1.29, 1.82) is 0 Å². The van der Waals surface area contributed by atoms with Crippen LogP contribution in [0.4, 0.5) is 0 Å². The quantitative estimate of drug-likeness (QED) is 0.863. The molecule has 0 saturated carbocycles. The van der Waals surface area contributed by atoms with Crippen molar-refractivity contribution in [2.24, 2.45) is 0 Å². The molecule has 1 aromatic carbocycles. The van der Waals surface area contributed by atoms with Gasteiger partial charge < -0.3 is 5.32 Å². The third kappa shape index (κ3) is 2.22. The fraction of sp³-hybridized carbons (Fsp3) is 0.385. The summed E-state index contributed by atoms with van der Waals surface area (Å²) in [4.78, 5) is 0. The molecule has 1 aliphatic heterocycles. The number of nitrogens with one attached hydrogen (secondary N) is 1. The summed E-state index contributed by atoms with van der Waals surface area (Å²) in [6.07, 6.45) is 3.09. The van der Waals surface area contributed by atoms with Gasteiger partial charge in [0, 0.05) is 12.5 Å². The molecule has 1 N–H and O–H groups in total. The second-order valence-corrected chi connectivity index (χ2v) is 4.49. The Kier molecular flexibility index (Phi) is 2.88. The standard InChI is InChI=1S/C13H16N4/c1-2-4-11(5-3-1)10-17-13(9-15-16-17)12-6-7-14-8-12/h1-5,9,12,14H,6-8,10H2. The molecule has 1 atom stereocenters. The van der Waals surface area contributed by atoms with Crippen LogP contribution in [0.3, 0.4) is 0 Å². The molecule has 88 valence electrons. The smallest absolute Gasteiger partial charge is 0.0728 e. The molecule has 1 unspecified atom stereocenters. The Hall–Kier alpha value is -1.68. The van der Waals surface area contributed by atoms with Crippen molar-refractivity contribution in [1.82, 2.24) is 20.3 Å². The normalized spacial score (nSPS) is 19.6. The Morgan fingerprint density at radius 1 is 1.29 bits per heavy atom. The summed E-state index contributed by atoms with van der Waals surface area (Å²) in [6.45, 7) is 2.95. The van der Waals surface area contributed by atoms with Crippen molar-refractivity contribution >= 4 is 0 Å². The summed E-state index contributed by atoms with van der Waals surface area (Å²) in [6, 6.07) is 10.4. The second kappa shape index (κ2) is 4.67. The maximum Gasteiger partial charge on any atom is 0.0728 e. The molecule has 0 bridgehead atoms. The Bertz CT molecular complexity index is 471. The second-order valence-electron chi connectivity index (χ2n) is 4.49. The summed E-state index contributed by atoms with van der Waals surface area (Å²) in [5.74, 6) is 0.564. The lowest BCUT2D eigenvalue weighted by Gasteiger charge is -2.10. The number of benzene rings is 1. The molecule has 3 rings (SSSR count). The first-order valence-corrected chi connectivity index (χ1v) is 6.06. The van der Waals surface area contributed by atoms with Gasteiger partial charge in [0.2, 0.25) is 0 Å². The zero-order valence-electron chi connectivity index (χ0n) is 9.71. The first-order chi connectivity index (χ1) is 8.43. The number of hydrogen-bond donors (Lipinski definition) is 1. The number of hydrogen-bond acceptors (Lipinski definition) is 3. The Labute approximate surface area is 101 Å². The summed E-state index contributed by atoms with van der Waals surface area (Å²) >= 11 is 0. The molecular formula is C13H16N4. The summed E-state index contributed by atoms with van der Waals surface area (Å²) in [7, 11) is 0. The van der Waals surface area contributed by atoms with Crippen LogP contribution in [0.15, 0.2) is 36.5 Å². The van der Waals surface area contributed by atoms with Crippen LogP contribution >= 0.6 is 0 Å². The van der Waals surface area contributed by atoms with Gasteiger partial charge in [0.25, 0.3) is 0 Å². The Balaban J connectivity index is 1.81. The molecule has 1 fully saturated rings. The molecule has 0 radical (unpaired) electrons. The Morgan fingerprint density at radius 2 is 2.18 bits per heavy atom. The third-order valence-corrected chi connectivity index (χ3v) is 3.30. The first kappa shape index (κ1) is 10.5. The average molecular weight is 228 g/mol. The van der Waals surface area contributed by atoms with E-state index in [2.05, 4.69) is 39.9 Å². The van der Waals surface area contributed by atoms with Crippen molar-refractivity contribution in [3.05, 3.63) is 47.8 Å². The van der Waals surface area contributed by atoms with Crippen LogP contribution in [0, 0.1) is 0 Å². The molecule has 0 amide bonds. The summed E-state index contributed by atoms with van der Waals surface area (Å²) < 4.78 is 2.02. The van der Waals surface area contributed by atoms with Gasteiger partial charge >= 0.3 is 0 Å². The van der Waals surface area contributed by atoms with Crippen LogP contribution < -0.4 is 5.32 Å². The van der Waals surface area contributed by atoms with Gasteiger partial charge in [-0.2, -0.15) is 0 Å². The average Bonchev–Trinajstić information content (AvgIpc) is 3.00. The van der Waals surface area contributed by atoms with E-state index in [0.717, 1.165) is 19.6 Å². The van der Waals surface area contributed by atoms with Crippen molar-refractivity contribution in [2.75, 3.05) is 13.1 Å². The maximum absolute atomic E-state index is 4.19. The van der Waals surface area contributed by atoms with Gasteiger partial charge in [0.15, 0.2) is 0 Å². The highest BCUT2D eigenvalue weighted by Crippen LogP contribution is 2.21. The molecule has 4 heteroatoms. The SMILES string of the molecule is c1ccc(Cn2nncc2C2CCNC2)cc1. The first-order valence-electron chi connectivity index (χ1n) is 6.06. The summed E-state index contributed by atoms with van der Waals surface area (Å²) in [5, 5.41) is 11.6. The molecule has 1 aliphatic rings. The third-order valence-electron chi connectivity index (χ3n) is 3.30. The lowest BCUT2D eigenvalue weighted by molar-refractivity contribution is 0.582. The molecule has 2 aromatic rings. The van der Waals surface area contributed by atoms with Gasteiger partial charge in [-0.25, -0.2) is 4.68 Å². The predicted octanol–water partition coefficient (Wildman–Crippen LogP) is 1.40. The van der Waals surface area contributed by atoms with E-state index in [1.54, 1.807) is 0 Å². The lowest BCUT2D eigenvalue weighted by Crippen LogP contribution is -2.13. The van der Waals surface area contributed by atoms with Crippen LogP contribution in [0.5, 0.6) is 0 Å². The zero-order chi connectivity index (χ0) is 11.5. The summed E-state index contributed by atoms with van der Waals surface area (Å²) in [5.41, 5.74) is 2.52. The minimum Gasteiger partial charge on any atom is -0.316 e. The minimum atomic E-state index is 0.564. The van der Waals surface area contributed by atoms with Crippen LogP contribution in [-0.4, -0.2) is 28.1 Å². The molecule has 0 spiro atoms. The van der Waals surface area contributed by atoms with Crippen LogP contribution in [-0.2, 0) is 6.54 Å². The van der Waals surface area contributed by atoms with E-state index in [0.29, 0.717) is 5.92 Å². The van der Waals surface area contributed by atoms with E-state index in [4.69, 9.17) is 0 Å². The monoisotopic (exact) mass is 228 g/mol. The highest BCUT2D eigenvalue weighted by Gasteiger charge is 2.20. The van der Waals surface area contributed by atoms with Gasteiger partial charge in [0.1, 0.15) is 0 Å². The molecule has 0 aliphatic carbocycles. The lowest BCUT2D eigenvalue weighted by atomic mass is 10.1. The van der Waals surface area contributed by atoms with Crippen LogP contribution in [0.1, 0.15) is 23.6 Å². The van der Waals surface area contributed by atoms with E-state index in [1.165, 1.54) is 17.7 Å². The van der Waals surface area contributed by atoms with Gasteiger partial charge in [-0.3, -0.25) is 0 Å². The number of rotatable bonds is 3. The molecule has 2 heterocycles. The van der Waals surface area contributed by atoms with Gasteiger partial charge in [-0.15, -0.1) is 5.10 Å². The van der Waals surface area contributed by atoms with Crippen LogP contribution in [0.25, 0.3) is 0 Å². The van der Waals surface area contributed by atoms with Crippen molar-refractivity contribution in [2.45, 2.75) is 18.9 Å². The number of nitrogens with zero attached hydrogens (tertiary/aromatic N) is 3. The van der Waals surface area contributed by atoms with E-state index in [1.807, 2.05) is 16.9 Å². The number of aromatic nitrogens is 3. The fourth-order valence-corrected chi connectivity index (χ4v) is 2.37. The van der Waals surface area contributed by atoms with E-state index < -0.39 is 0 Å².